The minimum absolute atomic E-state index is 0.00143. The molecule has 2 unspecified atom stereocenters. The first kappa shape index (κ1) is 36.2. The number of amides is 2. The first-order valence-electron chi connectivity index (χ1n) is 15.0. The van der Waals surface area contributed by atoms with Crippen LogP contribution in [0.25, 0.3) is 0 Å². The van der Waals surface area contributed by atoms with E-state index in [0.29, 0.717) is 35.9 Å². The number of Topliss-reactive ketones (excluding diaryl/α,β-unsaturated/α-hetero) is 1. The number of hydrogen-bond acceptors (Lipinski definition) is 9. The summed E-state index contributed by atoms with van der Waals surface area (Å²) in [4.78, 5) is 58.6. The maximum atomic E-state index is 13.0. The van der Waals surface area contributed by atoms with Crippen LogP contribution in [0.1, 0.15) is 104 Å². The molecule has 42 heavy (non-hydrogen) atoms. The Labute approximate surface area is 264 Å². The van der Waals surface area contributed by atoms with Crippen molar-refractivity contribution in [1.29, 1.82) is 0 Å². The van der Waals surface area contributed by atoms with Gasteiger partial charge >= 0.3 is 0 Å². The highest BCUT2D eigenvalue weighted by Crippen LogP contribution is 2.32. The number of unbranched alkanes of at least 4 members (excludes halogenated alkanes) is 4. The van der Waals surface area contributed by atoms with Gasteiger partial charge in [-0.1, -0.05) is 77.3 Å². The molecule has 0 aliphatic carbocycles. The number of rotatable bonds is 19. The van der Waals surface area contributed by atoms with Crippen LogP contribution in [0.15, 0.2) is 22.5 Å². The fourth-order valence-corrected chi connectivity index (χ4v) is 7.09. The largest absolute Gasteiger partial charge is 0.350 e. The number of allylic oxidation sites excluding steroid dienone is 2. The van der Waals surface area contributed by atoms with Crippen LogP contribution in [-0.4, -0.2) is 55.8 Å². The highest BCUT2D eigenvalue weighted by Gasteiger charge is 2.40. The van der Waals surface area contributed by atoms with Crippen molar-refractivity contribution in [3.63, 3.8) is 0 Å². The Morgan fingerprint density at radius 3 is 2.57 bits per heavy atom. The van der Waals surface area contributed by atoms with E-state index in [1.54, 1.807) is 6.92 Å². The van der Waals surface area contributed by atoms with Crippen molar-refractivity contribution in [2.24, 2.45) is 16.8 Å². The van der Waals surface area contributed by atoms with Gasteiger partial charge in [0.2, 0.25) is 11.8 Å². The summed E-state index contributed by atoms with van der Waals surface area (Å²) in [5, 5.41) is 9.44. The number of thiazole rings is 1. The quantitative estimate of drug-likeness (QED) is 0.135. The van der Waals surface area contributed by atoms with Gasteiger partial charge in [0, 0.05) is 29.7 Å². The lowest BCUT2D eigenvalue weighted by Crippen LogP contribution is -2.51. The lowest BCUT2D eigenvalue weighted by molar-refractivity contribution is -0.130. The molecular weight excluding hydrogens is 589 g/mol. The van der Waals surface area contributed by atoms with Gasteiger partial charge in [0.05, 0.1) is 12.6 Å². The van der Waals surface area contributed by atoms with E-state index in [1.165, 1.54) is 61.0 Å². The highest BCUT2D eigenvalue weighted by molar-refractivity contribution is 8.14. The van der Waals surface area contributed by atoms with Crippen molar-refractivity contribution in [3.8, 4) is 0 Å². The Hall–Kier alpha value is -1.98. The van der Waals surface area contributed by atoms with Gasteiger partial charge in [-0.2, -0.15) is 0 Å². The number of carbonyl (C=O) groups excluding carboxylic acids is 4. The number of carbonyl (C=O) groups is 4. The van der Waals surface area contributed by atoms with Crippen LogP contribution >= 0.6 is 34.9 Å². The number of nitrogens with one attached hydrogen (secondary N) is 2. The molecule has 1 aromatic rings. The molecule has 0 saturated heterocycles. The van der Waals surface area contributed by atoms with Gasteiger partial charge in [-0.25, -0.2) is 4.98 Å². The van der Waals surface area contributed by atoms with E-state index in [0.717, 1.165) is 30.0 Å². The Morgan fingerprint density at radius 2 is 1.88 bits per heavy atom. The summed E-state index contributed by atoms with van der Waals surface area (Å²) in [6.45, 7) is 11.6. The van der Waals surface area contributed by atoms with E-state index >= 15 is 0 Å². The van der Waals surface area contributed by atoms with Crippen molar-refractivity contribution in [2.45, 2.75) is 111 Å². The Balaban J connectivity index is 1.72. The first-order valence-corrected chi connectivity index (χ1v) is 17.9. The summed E-state index contributed by atoms with van der Waals surface area (Å²) in [5.41, 5.74) is -0.270. The van der Waals surface area contributed by atoms with Gasteiger partial charge in [0.15, 0.2) is 10.9 Å². The average Bonchev–Trinajstić information content (AvgIpc) is 3.57. The Kier molecular flexibility index (Phi) is 16.1. The molecule has 0 spiro atoms. The second kappa shape index (κ2) is 18.6. The fourth-order valence-electron chi connectivity index (χ4n) is 4.39. The molecular formula is C31H48N4O4S3. The van der Waals surface area contributed by atoms with Gasteiger partial charge in [-0.3, -0.25) is 24.2 Å². The molecule has 1 aliphatic rings. The van der Waals surface area contributed by atoms with Gasteiger partial charge in [0.25, 0.3) is 0 Å². The van der Waals surface area contributed by atoms with Crippen molar-refractivity contribution >= 4 is 62.6 Å². The molecule has 1 aliphatic heterocycles. The van der Waals surface area contributed by atoms with Crippen molar-refractivity contribution in [2.75, 3.05) is 11.5 Å². The zero-order valence-electron chi connectivity index (χ0n) is 26.0. The topological polar surface area (TPSA) is 118 Å². The highest BCUT2D eigenvalue weighted by atomic mass is 32.2. The summed E-state index contributed by atoms with van der Waals surface area (Å²) >= 11 is 4.33. The molecule has 0 saturated carbocycles. The molecule has 2 N–H and O–H groups in total. The molecule has 234 valence electrons. The number of aliphatic imine (C=N–C) groups is 1. The van der Waals surface area contributed by atoms with Crippen LogP contribution in [-0.2, 0) is 25.7 Å². The molecule has 8 nitrogen and oxygen atoms in total. The number of aromatic nitrogens is 1. The first-order chi connectivity index (χ1) is 19.9. The van der Waals surface area contributed by atoms with Crippen molar-refractivity contribution < 1.29 is 19.2 Å². The maximum absolute atomic E-state index is 13.0. The third kappa shape index (κ3) is 12.7. The van der Waals surface area contributed by atoms with Crippen molar-refractivity contribution in [3.05, 3.63) is 28.2 Å². The summed E-state index contributed by atoms with van der Waals surface area (Å²) < 4.78 is 0. The summed E-state index contributed by atoms with van der Waals surface area (Å²) in [7, 11) is 0. The molecule has 2 amide bonds. The number of nitrogens with zero attached hydrogens (tertiary/aromatic N) is 2. The maximum Gasteiger partial charge on any atom is 0.249 e. The van der Waals surface area contributed by atoms with Gasteiger partial charge < -0.3 is 10.6 Å². The van der Waals surface area contributed by atoms with Crippen molar-refractivity contribution in [1.82, 2.24) is 15.6 Å². The number of hydrogen-bond donors (Lipinski definition) is 2. The number of thioether (sulfide) groups is 2. The smallest absolute Gasteiger partial charge is 0.249 e. The van der Waals surface area contributed by atoms with E-state index in [9.17, 15) is 19.2 Å². The summed E-state index contributed by atoms with van der Waals surface area (Å²) in [5.74, 6) is 0.976. The standard InChI is InChI=1S/C31H48N4O4S3/c1-7-8-9-10-11-15-27(38)40-16-13-12-14-22(4)17-25(37)32-18-26-33-24(19-41-26)29-35-31(6,20-42-29)30(39)34-28(21(2)3)23(5)36/h12,14,19,21-22,28H,7-11,13,15-18,20H2,1-6H3,(H,32,37)(H,34,39)/b14-12+/t22-,28?,31?/m1/s1. The second-order valence-corrected chi connectivity index (χ2v) is 14.5. The minimum Gasteiger partial charge on any atom is -0.350 e. The monoisotopic (exact) mass is 636 g/mol. The molecule has 0 aromatic carbocycles. The minimum atomic E-state index is -0.966. The lowest BCUT2D eigenvalue weighted by atomic mass is 9.98. The lowest BCUT2D eigenvalue weighted by Gasteiger charge is -2.25. The third-order valence-electron chi connectivity index (χ3n) is 6.93. The van der Waals surface area contributed by atoms with Crippen LogP contribution in [0, 0.1) is 11.8 Å². The van der Waals surface area contributed by atoms with E-state index in [2.05, 4.69) is 33.6 Å². The van der Waals surface area contributed by atoms with Crippen LogP contribution in [0.2, 0.25) is 0 Å². The van der Waals surface area contributed by atoms with E-state index in [-0.39, 0.29) is 34.5 Å². The third-order valence-corrected chi connectivity index (χ3v) is 10.0. The van der Waals surface area contributed by atoms with E-state index in [4.69, 9.17) is 0 Å². The Bertz CT molecular complexity index is 1120. The molecule has 11 heteroatoms. The van der Waals surface area contributed by atoms with E-state index < -0.39 is 11.6 Å². The predicted octanol–water partition coefficient (Wildman–Crippen LogP) is 6.33. The summed E-state index contributed by atoms with van der Waals surface area (Å²) in [6, 6.07) is -0.532. The fraction of sp³-hybridized carbons (Fsp3) is 0.677. The van der Waals surface area contributed by atoms with Gasteiger partial charge in [-0.05, 0) is 38.5 Å². The molecule has 1 aromatic heterocycles. The predicted molar refractivity (Wildman–Crippen MR) is 177 cm³/mol. The van der Waals surface area contributed by atoms with E-state index in [1.807, 2.05) is 32.2 Å². The van der Waals surface area contributed by atoms with Gasteiger partial charge in [-0.15, -0.1) is 23.1 Å². The summed E-state index contributed by atoms with van der Waals surface area (Å²) in [6.07, 6.45) is 11.8. The molecule has 3 atom stereocenters. The Morgan fingerprint density at radius 1 is 1.14 bits per heavy atom. The average molecular weight is 637 g/mol. The van der Waals surface area contributed by atoms with Gasteiger partial charge in [0.1, 0.15) is 21.3 Å². The SMILES string of the molecule is CCCCCCCC(=O)SCC/C=C/[C@@H](C)CC(=O)NCc1nc(C2=NC(C)(C(=O)NC(C(C)=O)C(C)C)CS2)cs1. The molecule has 0 fully saturated rings. The molecule has 2 rings (SSSR count). The molecule has 0 radical (unpaired) electrons. The van der Waals surface area contributed by atoms with Crippen LogP contribution in [0.4, 0.5) is 0 Å². The second-order valence-electron chi connectivity index (χ2n) is 11.5. The molecule has 0 bridgehead atoms. The zero-order valence-corrected chi connectivity index (χ0v) is 28.4. The molecule has 2 heterocycles. The van der Waals surface area contributed by atoms with Crippen LogP contribution in [0.3, 0.4) is 0 Å². The van der Waals surface area contributed by atoms with Crippen LogP contribution in [0.5, 0.6) is 0 Å². The normalized spacial score (nSPS) is 18.2. The zero-order chi connectivity index (χ0) is 31.1. The number of ketones is 1. The van der Waals surface area contributed by atoms with Crippen LogP contribution < -0.4 is 10.6 Å².